The Morgan fingerprint density at radius 3 is 2.22 bits per heavy atom. The smallest absolute Gasteiger partial charge is 0.220 e. The molecule has 0 spiro atoms. The Morgan fingerprint density at radius 2 is 1.61 bits per heavy atom. The number of hydrogen-bond donors (Lipinski definition) is 2. The molecule has 0 aliphatic carbocycles. The zero-order valence-electron chi connectivity index (χ0n) is 13.3. The summed E-state index contributed by atoms with van der Waals surface area (Å²) in [7, 11) is 0. The molecule has 3 nitrogen and oxygen atoms in total. The average molecular weight is 333 g/mol. The van der Waals surface area contributed by atoms with E-state index in [4.69, 9.17) is 5.73 Å². The lowest BCUT2D eigenvalue weighted by Crippen LogP contribution is -2.27. The monoisotopic (exact) mass is 332 g/mol. The third-order valence-corrected chi connectivity index (χ3v) is 3.73. The van der Waals surface area contributed by atoms with Gasteiger partial charge in [0, 0.05) is 13.0 Å². The van der Waals surface area contributed by atoms with Gasteiger partial charge in [-0.05, 0) is 36.4 Å². The molecule has 124 valence electrons. The van der Waals surface area contributed by atoms with Crippen LogP contribution in [0.15, 0.2) is 60.7 Å². The van der Waals surface area contributed by atoms with Crippen molar-refractivity contribution in [1.29, 1.82) is 0 Å². The molecular formula is C19H25ClN2O. The molecule has 2 aromatic rings. The zero-order valence-corrected chi connectivity index (χ0v) is 14.1. The predicted molar refractivity (Wildman–Crippen MR) is 97.9 cm³/mol. The first-order valence-corrected chi connectivity index (χ1v) is 7.85. The summed E-state index contributed by atoms with van der Waals surface area (Å²) in [5, 5.41) is 2.95. The van der Waals surface area contributed by atoms with Crippen LogP contribution in [0.1, 0.15) is 29.9 Å². The molecule has 3 N–H and O–H groups in total. The van der Waals surface area contributed by atoms with Gasteiger partial charge in [0.1, 0.15) is 0 Å². The topological polar surface area (TPSA) is 55.1 Å². The quantitative estimate of drug-likeness (QED) is 0.729. The highest BCUT2D eigenvalue weighted by molar-refractivity contribution is 5.85. The molecule has 0 aromatic heterocycles. The standard InChI is InChI=1S/C19H24N2O.ClH/c20-12-7-13-21-19(22)15-18(17-10-5-2-6-11-17)14-16-8-3-1-4-9-16;/h1-6,8-11,18H,7,12-15,20H2,(H,21,22);1H. The van der Waals surface area contributed by atoms with E-state index in [1.54, 1.807) is 0 Å². The molecule has 2 aromatic carbocycles. The summed E-state index contributed by atoms with van der Waals surface area (Å²) in [5.74, 6) is 0.291. The Bertz CT molecular complexity index is 560. The number of amides is 1. The van der Waals surface area contributed by atoms with Crippen LogP contribution in [0.3, 0.4) is 0 Å². The second-order valence-corrected chi connectivity index (χ2v) is 5.49. The van der Waals surface area contributed by atoms with Crippen LogP contribution in [0.5, 0.6) is 0 Å². The molecule has 23 heavy (non-hydrogen) atoms. The highest BCUT2D eigenvalue weighted by atomic mass is 35.5. The maximum atomic E-state index is 12.1. The van der Waals surface area contributed by atoms with Crippen molar-refractivity contribution < 1.29 is 4.79 Å². The Labute approximate surface area is 144 Å². The minimum absolute atomic E-state index is 0. The van der Waals surface area contributed by atoms with Gasteiger partial charge in [-0.15, -0.1) is 12.4 Å². The van der Waals surface area contributed by atoms with Crippen molar-refractivity contribution in [2.45, 2.75) is 25.2 Å². The third-order valence-electron chi connectivity index (χ3n) is 3.73. The molecule has 0 radical (unpaired) electrons. The van der Waals surface area contributed by atoms with Gasteiger partial charge in [0.25, 0.3) is 0 Å². The SMILES string of the molecule is Cl.NCCCNC(=O)CC(Cc1ccccc1)c1ccccc1. The van der Waals surface area contributed by atoms with Gasteiger partial charge in [-0.1, -0.05) is 60.7 Å². The summed E-state index contributed by atoms with van der Waals surface area (Å²) < 4.78 is 0. The molecular weight excluding hydrogens is 308 g/mol. The van der Waals surface area contributed by atoms with Gasteiger partial charge in [-0.3, -0.25) is 4.79 Å². The van der Waals surface area contributed by atoms with E-state index in [-0.39, 0.29) is 24.2 Å². The fraction of sp³-hybridized carbons (Fsp3) is 0.316. The largest absolute Gasteiger partial charge is 0.356 e. The number of carbonyl (C=O) groups is 1. The van der Waals surface area contributed by atoms with E-state index in [1.807, 2.05) is 36.4 Å². The summed E-state index contributed by atoms with van der Waals surface area (Å²) in [6.45, 7) is 1.26. The highest BCUT2D eigenvalue weighted by Gasteiger charge is 2.16. The molecule has 1 atom stereocenters. The van der Waals surface area contributed by atoms with E-state index in [9.17, 15) is 4.79 Å². The summed E-state index contributed by atoms with van der Waals surface area (Å²) >= 11 is 0. The van der Waals surface area contributed by atoms with Gasteiger partial charge >= 0.3 is 0 Å². The van der Waals surface area contributed by atoms with Crippen molar-refractivity contribution in [2.75, 3.05) is 13.1 Å². The number of rotatable bonds is 8. The Kier molecular flexibility index (Phi) is 9.03. The molecule has 1 unspecified atom stereocenters. The van der Waals surface area contributed by atoms with E-state index >= 15 is 0 Å². The Balaban J connectivity index is 0.00000264. The number of nitrogens with two attached hydrogens (primary N) is 1. The maximum Gasteiger partial charge on any atom is 0.220 e. The van der Waals surface area contributed by atoms with E-state index < -0.39 is 0 Å². The van der Waals surface area contributed by atoms with Crippen LogP contribution in [0.4, 0.5) is 0 Å². The Hall–Kier alpha value is -1.84. The molecule has 2 rings (SSSR count). The molecule has 0 aliphatic heterocycles. The normalized spacial score (nSPS) is 11.3. The third kappa shape index (κ3) is 6.85. The minimum Gasteiger partial charge on any atom is -0.356 e. The van der Waals surface area contributed by atoms with Crippen LogP contribution in [0.25, 0.3) is 0 Å². The zero-order chi connectivity index (χ0) is 15.6. The molecule has 0 bridgehead atoms. The number of halogens is 1. The summed E-state index contributed by atoms with van der Waals surface area (Å²) in [4.78, 5) is 12.1. The average Bonchev–Trinajstić information content (AvgIpc) is 2.56. The second-order valence-electron chi connectivity index (χ2n) is 5.49. The van der Waals surface area contributed by atoms with Crippen molar-refractivity contribution >= 4 is 18.3 Å². The van der Waals surface area contributed by atoms with Gasteiger partial charge in [-0.2, -0.15) is 0 Å². The lowest BCUT2D eigenvalue weighted by molar-refractivity contribution is -0.121. The van der Waals surface area contributed by atoms with Crippen molar-refractivity contribution in [1.82, 2.24) is 5.32 Å². The maximum absolute atomic E-state index is 12.1. The van der Waals surface area contributed by atoms with Crippen LogP contribution in [-0.4, -0.2) is 19.0 Å². The van der Waals surface area contributed by atoms with E-state index in [1.165, 1.54) is 11.1 Å². The number of nitrogens with one attached hydrogen (secondary N) is 1. The van der Waals surface area contributed by atoms with Crippen molar-refractivity contribution in [2.24, 2.45) is 5.73 Å². The van der Waals surface area contributed by atoms with Crippen LogP contribution in [-0.2, 0) is 11.2 Å². The molecule has 0 heterocycles. The first kappa shape index (κ1) is 19.2. The van der Waals surface area contributed by atoms with Gasteiger partial charge in [-0.25, -0.2) is 0 Å². The number of carbonyl (C=O) groups excluding carboxylic acids is 1. The first-order chi connectivity index (χ1) is 10.8. The van der Waals surface area contributed by atoms with Crippen molar-refractivity contribution in [3.63, 3.8) is 0 Å². The molecule has 1 amide bonds. The van der Waals surface area contributed by atoms with Crippen LogP contribution in [0, 0.1) is 0 Å². The molecule has 0 aliphatic rings. The summed E-state index contributed by atoms with van der Waals surface area (Å²) in [5.41, 5.74) is 7.92. The van der Waals surface area contributed by atoms with Crippen LogP contribution < -0.4 is 11.1 Å². The van der Waals surface area contributed by atoms with E-state index in [0.717, 1.165) is 12.8 Å². The summed E-state index contributed by atoms with van der Waals surface area (Å²) in [6, 6.07) is 20.6. The lowest BCUT2D eigenvalue weighted by Gasteiger charge is -2.17. The first-order valence-electron chi connectivity index (χ1n) is 7.85. The molecule has 0 saturated heterocycles. The highest BCUT2D eigenvalue weighted by Crippen LogP contribution is 2.24. The van der Waals surface area contributed by atoms with Crippen LogP contribution in [0.2, 0.25) is 0 Å². The van der Waals surface area contributed by atoms with Gasteiger partial charge in [0.15, 0.2) is 0 Å². The van der Waals surface area contributed by atoms with Crippen LogP contribution >= 0.6 is 12.4 Å². The fourth-order valence-corrected chi connectivity index (χ4v) is 2.56. The molecule has 0 fully saturated rings. The van der Waals surface area contributed by atoms with Crippen molar-refractivity contribution in [3.8, 4) is 0 Å². The van der Waals surface area contributed by atoms with E-state index in [2.05, 4.69) is 29.6 Å². The molecule has 0 saturated carbocycles. The predicted octanol–water partition coefficient (Wildman–Crippen LogP) is 3.29. The van der Waals surface area contributed by atoms with Crippen molar-refractivity contribution in [3.05, 3.63) is 71.8 Å². The second kappa shape index (κ2) is 10.8. The van der Waals surface area contributed by atoms with Gasteiger partial charge < -0.3 is 11.1 Å². The van der Waals surface area contributed by atoms with Gasteiger partial charge in [0.05, 0.1) is 0 Å². The van der Waals surface area contributed by atoms with E-state index in [0.29, 0.717) is 19.5 Å². The number of benzene rings is 2. The fourth-order valence-electron chi connectivity index (χ4n) is 2.56. The minimum atomic E-state index is 0. The lowest BCUT2D eigenvalue weighted by atomic mass is 9.89. The summed E-state index contributed by atoms with van der Waals surface area (Å²) in [6.07, 6.45) is 2.19. The Morgan fingerprint density at radius 1 is 1.00 bits per heavy atom. The molecule has 4 heteroatoms. The number of hydrogen-bond acceptors (Lipinski definition) is 2. The van der Waals surface area contributed by atoms with Gasteiger partial charge in [0.2, 0.25) is 5.91 Å².